The summed E-state index contributed by atoms with van der Waals surface area (Å²) in [6.07, 6.45) is 5.76. The van der Waals surface area contributed by atoms with Gasteiger partial charge in [0.05, 0.1) is 5.69 Å². The number of benzene rings is 1. The van der Waals surface area contributed by atoms with Gasteiger partial charge in [0.25, 0.3) is 0 Å². The highest BCUT2D eigenvalue weighted by atomic mass is 19.1. The fourth-order valence-corrected chi connectivity index (χ4v) is 2.78. The van der Waals surface area contributed by atoms with Gasteiger partial charge in [0.15, 0.2) is 0 Å². The quantitative estimate of drug-likeness (QED) is 0.792. The average Bonchev–Trinajstić information content (AvgIpc) is 2.63. The molecule has 3 heteroatoms. The zero-order valence-electron chi connectivity index (χ0n) is 10.8. The summed E-state index contributed by atoms with van der Waals surface area (Å²) < 4.78 is 13.7. The maximum Gasteiger partial charge on any atom is 0.143 e. The molecule has 2 rings (SSSR count). The molecular formula is C15H19FN2. The van der Waals surface area contributed by atoms with Crippen LogP contribution in [0.4, 0.5) is 10.1 Å². The summed E-state index contributed by atoms with van der Waals surface area (Å²) in [5, 5.41) is 9.14. The number of hydrogen-bond donors (Lipinski definition) is 0. The third-order valence-corrected chi connectivity index (χ3v) is 3.76. The highest BCUT2D eigenvalue weighted by molar-refractivity contribution is 5.60. The molecule has 0 aliphatic carbocycles. The molecular weight excluding hydrogens is 227 g/mol. The van der Waals surface area contributed by atoms with E-state index in [4.69, 9.17) is 5.26 Å². The SMILES string of the molecule is CCC1CCCCCN1c1cccc(F)c1C#N. The van der Waals surface area contributed by atoms with E-state index in [0.29, 0.717) is 6.04 Å². The van der Waals surface area contributed by atoms with Crippen LogP contribution in [0, 0.1) is 17.1 Å². The second-order valence-electron chi connectivity index (χ2n) is 4.85. The maximum absolute atomic E-state index is 13.7. The predicted molar refractivity (Wildman–Crippen MR) is 71.0 cm³/mol. The van der Waals surface area contributed by atoms with Crippen molar-refractivity contribution in [2.45, 2.75) is 45.1 Å². The van der Waals surface area contributed by atoms with Crippen LogP contribution in [0.15, 0.2) is 18.2 Å². The summed E-state index contributed by atoms with van der Waals surface area (Å²) >= 11 is 0. The van der Waals surface area contributed by atoms with Gasteiger partial charge >= 0.3 is 0 Å². The molecule has 1 unspecified atom stereocenters. The molecule has 1 atom stereocenters. The van der Waals surface area contributed by atoms with E-state index in [0.717, 1.165) is 31.5 Å². The van der Waals surface area contributed by atoms with Gasteiger partial charge in [-0.1, -0.05) is 25.8 Å². The van der Waals surface area contributed by atoms with Gasteiger partial charge in [-0.15, -0.1) is 0 Å². The van der Waals surface area contributed by atoms with Gasteiger partial charge in [-0.2, -0.15) is 5.26 Å². The zero-order chi connectivity index (χ0) is 13.0. The number of nitriles is 1. The monoisotopic (exact) mass is 246 g/mol. The van der Waals surface area contributed by atoms with Crippen LogP contribution in [-0.2, 0) is 0 Å². The molecule has 1 heterocycles. The minimum absolute atomic E-state index is 0.192. The number of rotatable bonds is 2. The zero-order valence-corrected chi connectivity index (χ0v) is 10.8. The Hall–Kier alpha value is -1.56. The Morgan fingerprint density at radius 1 is 1.39 bits per heavy atom. The highest BCUT2D eigenvalue weighted by Crippen LogP contribution is 2.29. The van der Waals surface area contributed by atoms with Crippen molar-refractivity contribution in [3.63, 3.8) is 0 Å². The third-order valence-electron chi connectivity index (χ3n) is 3.76. The summed E-state index contributed by atoms with van der Waals surface area (Å²) in [6, 6.07) is 7.37. The molecule has 0 spiro atoms. The van der Waals surface area contributed by atoms with Crippen LogP contribution in [0.25, 0.3) is 0 Å². The Kier molecular flexibility index (Phi) is 4.19. The van der Waals surface area contributed by atoms with E-state index in [1.54, 1.807) is 6.07 Å². The molecule has 96 valence electrons. The number of nitrogens with zero attached hydrogens (tertiary/aromatic N) is 2. The van der Waals surface area contributed by atoms with Gasteiger partial charge in [-0.05, 0) is 31.4 Å². The first-order valence-corrected chi connectivity index (χ1v) is 6.73. The first-order valence-electron chi connectivity index (χ1n) is 6.73. The molecule has 1 fully saturated rings. The van der Waals surface area contributed by atoms with Crippen LogP contribution in [0.3, 0.4) is 0 Å². The van der Waals surface area contributed by atoms with Crippen LogP contribution in [0.1, 0.15) is 44.6 Å². The van der Waals surface area contributed by atoms with Crippen LogP contribution in [-0.4, -0.2) is 12.6 Å². The van der Waals surface area contributed by atoms with Crippen LogP contribution in [0.5, 0.6) is 0 Å². The summed E-state index contributed by atoms with van der Waals surface area (Å²) in [6.45, 7) is 3.09. The van der Waals surface area contributed by atoms with E-state index >= 15 is 0 Å². The van der Waals surface area contributed by atoms with E-state index < -0.39 is 5.82 Å². The van der Waals surface area contributed by atoms with E-state index in [1.807, 2.05) is 12.1 Å². The van der Waals surface area contributed by atoms with Crippen molar-refractivity contribution >= 4 is 5.69 Å². The smallest absolute Gasteiger partial charge is 0.143 e. The molecule has 1 aliphatic heterocycles. The van der Waals surface area contributed by atoms with Gasteiger partial charge in [-0.3, -0.25) is 0 Å². The molecule has 1 aliphatic rings. The normalized spacial score (nSPS) is 20.3. The molecule has 0 radical (unpaired) electrons. The molecule has 0 N–H and O–H groups in total. The lowest BCUT2D eigenvalue weighted by Crippen LogP contribution is -2.35. The van der Waals surface area contributed by atoms with E-state index in [2.05, 4.69) is 11.8 Å². The molecule has 0 amide bonds. The molecule has 0 aromatic heterocycles. The van der Waals surface area contributed by atoms with Gasteiger partial charge in [0.1, 0.15) is 17.4 Å². The number of anilines is 1. The fraction of sp³-hybridized carbons (Fsp3) is 0.533. The average molecular weight is 246 g/mol. The molecule has 2 nitrogen and oxygen atoms in total. The lowest BCUT2D eigenvalue weighted by atomic mass is 10.1. The van der Waals surface area contributed by atoms with Crippen LogP contribution < -0.4 is 4.90 Å². The molecule has 0 saturated carbocycles. The van der Waals surface area contributed by atoms with E-state index in [-0.39, 0.29) is 5.56 Å². The number of hydrogen-bond acceptors (Lipinski definition) is 2. The summed E-state index contributed by atoms with van der Waals surface area (Å²) in [5.41, 5.74) is 0.962. The third kappa shape index (κ3) is 2.48. The Morgan fingerprint density at radius 2 is 2.22 bits per heavy atom. The first kappa shape index (κ1) is 12.9. The van der Waals surface area contributed by atoms with Crippen molar-refractivity contribution in [3.05, 3.63) is 29.6 Å². The van der Waals surface area contributed by atoms with Crippen molar-refractivity contribution < 1.29 is 4.39 Å². The Morgan fingerprint density at radius 3 is 2.94 bits per heavy atom. The predicted octanol–water partition coefficient (Wildman–Crippen LogP) is 3.86. The van der Waals surface area contributed by atoms with Crippen molar-refractivity contribution in [1.29, 1.82) is 5.26 Å². The maximum atomic E-state index is 13.7. The Bertz CT molecular complexity index is 450. The standard InChI is InChI=1S/C15H19FN2/c1-2-12-7-4-3-5-10-18(12)15-9-6-8-14(16)13(15)11-17/h6,8-9,12H,2-5,7,10H2,1H3. The van der Waals surface area contributed by atoms with E-state index in [1.165, 1.54) is 18.9 Å². The molecule has 18 heavy (non-hydrogen) atoms. The van der Waals surface area contributed by atoms with Gasteiger partial charge in [0.2, 0.25) is 0 Å². The first-order chi connectivity index (χ1) is 8.77. The Balaban J connectivity index is 2.39. The summed E-state index contributed by atoms with van der Waals surface area (Å²) in [4.78, 5) is 2.23. The van der Waals surface area contributed by atoms with Crippen molar-refractivity contribution in [2.75, 3.05) is 11.4 Å². The molecule has 1 aromatic carbocycles. The van der Waals surface area contributed by atoms with Gasteiger partial charge < -0.3 is 4.90 Å². The van der Waals surface area contributed by atoms with Crippen LogP contribution in [0.2, 0.25) is 0 Å². The van der Waals surface area contributed by atoms with Gasteiger partial charge in [0, 0.05) is 12.6 Å². The van der Waals surface area contributed by atoms with Crippen molar-refractivity contribution in [3.8, 4) is 6.07 Å². The highest BCUT2D eigenvalue weighted by Gasteiger charge is 2.23. The molecule has 1 aromatic rings. The minimum atomic E-state index is -0.408. The fourth-order valence-electron chi connectivity index (χ4n) is 2.78. The van der Waals surface area contributed by atoms with E-state index in [9.17, 15) is 4.39 Å². The van der Waals surface area contributed by atoms with Gasteiger partial charge in [-0.25, -0.2) is 4.39 Å². The summed E-state index contributed by atoms with van der Waals surface area (Å²) in [7, 11) is 0. The molecule has 1 saturated heterocycles. The van der Waals surface area contributed by atoms with Crippen molar-refractivity contribution in [2.24, 2.45) is 0 Å². The topological polar surface area (TPSA) is 27.0 Å². The second kappa shape index (κ2) is 5.86. The molecule has 0 bridgehead atoms. The lowest BCUT2D eigenvalue weighted by molar-refractivity contribution is 0.553. The largest absolute Gasteiger partial charge is 0.367 e. The number of halogens is 1. The summed E-state index contributed by atoms with van der Waals surface area (Å²) in [5.74, 6) is -0.408. The van der Waals surface area contributed by atoms with Crippen molar-refractivity contribution in [1.82, 2.24) is 0 Å². The second-order valence-corrected chi connectivity index (χ2v) is 4.85. The Labute approximate surface area is 108 Å². The minimum Gasteiger partial charge on any atom is -0.367 e. The van der Waals surface area contributed by atoms with Crippen LogP contribution >= 0.6 is 0 Å². The lowest BCUT2D eigenvalue weighted by Gasteiger charge is -2.32.